The summed E-state index contributed by atoms with van der Waals surface area (Å²) in [5.41, 5.74) is 2.50. The average molecular weight is 529 g/mol. The van der Waals surface area contributed by atoms with Crippen LogP contribution in [0.5, 0.6) is 11.5 Å². The molecule has 1 saturated heterocycles. The highest BCUT2D eigenvalue weighted by molar-refractivity contribution is 6.31. The van der Waals surface area contributed by atoms with E-state index in [0.717, 1.165) is 37.0 Å². The Morgan fingerprint density at radius 2 is 1.79 bits per heavy atom. The number of methoxy groups -OCH3 is 2. The number of hydrogen-bond donors (Lipinski definition) is 0. The van der Waals surface area contributed by atoms with Crippen LogP contribution < -0.4 is 19.9 Å². The minimum Gasteiger partial charge on any atom is -0.496 e. The molecule has 0 spiro atoms. The Labute approximate surface area is 223 Å². The Hall–Kier alpha value is -4.30. The third-order valence-electron chi connectivity index (χ3n) is 6.74. The minimum absolute atomic E-state index is 0.275. The number of benzene rings is 3. The summed E-state index contributed by atoms with van der Waals surface area (Å²) in [6.07, 6.45) is 3.86. The van der Waals surface area contributed by atoms with Crippen LogP contribution in [0.25, 0.3) is 33.5 Å². The van der Waals surface area contributed by atoms with Crippen molar-refractivity contribution in [2.24, 2.45) is 5.10 Å². The fourth-order valence-electron chi connectivity index (χ4n) is 4.85. The standard InChI is InChI=1S/C29H25ClN4O4/c1-36-25-16-23(33-11-5-6-12-33)26(37-2)15-19(25)17-31-34-28(32-22-8-4-3-7-21(22)29(34)35)27-14-18-13-20(30)9-10-24(18)38-27/h3-4,7-10,13-17H,5-6,11-12H2,1-2H3. The highest BCUT2D eigenvalue weighted by Gasteiger charge is 2.20. The molecule has 0 N–H and O–H groups in total. The van der Waals surface area contributed by atoms with Gasteiger partial charge in [-0.25, -0.2) is 4.98 Å². The molecule has 0 radical (unpaired) electrons. The number of nitrogens with zero attached hydrogens (tertiary/aromatic N) is 4. The average Bonchev–Trinajstić information content (AvgIpc) is 3.62. The second-order valence-corrected chi connectivity index (χ2v) is 9.50. The SMILES string of the molecule is COc1cc(N2CCCC2)c(OC)cc1C=Nn1c(-c2cc3cc(Cl)ccc3o2)nc2ccccc2c1=O. The highest BCUT2D eigenvalue weighted by atomic mass is 35.5. The van der Waals surface area contributed by atoms with Crippen LogP contribution >= 0.6 is 11.6 Å². The van der Waals surface area contributed by atoms with E-state index in [4.69, 9.17) is 30.5 Å². The number of ether oxygens (including phenoxy) is 2. The Kier molecular flexibility index (Phi) is 6.25. The molecule has 5 aromatic rings. The normalized spacial score (nSPS) is 13.7. The van der Waals surface area contributed by atoms with Crippen LogP contribution in [-0.2, 0) is 0 Å². The van der Waals surface area contributed by atoms with Crippen LogP contribution in [-0.4, -0.2) is 43.2 Å². The molecule has 3 heterocycles. The lowest BCUT2D eigenvalue weighted by Crippen LogP contribution is -2.20. The molecule has 0 amide bonds. The predicted octanol–water partition coefficient (Wildman–Crippen LogP) is 5.96. The predicted molar refractivity (Wildman–Crippen MR) is 150 cm³/mol. The topological polar surface area (TPSA) is 82.1 Å². The molecule has 0 aliphatic carbocycles. The quantitative estimate of drug-likeness (QED) is 0.253. The number of anilines is 1. The first-order valence-electron chi connectivity index (χ1n) is 12.3. The lowest BCUT2D eigenvalue weighted by Gasteiger charge is -2.22. The summed E-state index contributed by atoms with van der Waals surface area (Å²) in [6.45, 7) is 1.94. The molecular formula is C29H25ClN4O4. The van der Waals surface area contributed by atoms with Gasteiger partial charge in [0.25, 0.3) is 5.56 Å². The van der Waals surface area contributed by atoms with Gasteiger partial charge in [-0.15, -0.1) is 0 Å². The van der Waals surface area contributed by atoms with Gasteiger partial charge in [0.15, 0.2) is 5.76 Å². The first-order chi connectivity index (χ1) is 18.6. The van der Waals surface area contributed by atoms with Gasteiger partial charge in [0.2, 0.25) is 5.82 Å². The van der Waals surface area contributed by atoms with Gasteiger partial charge in [-0.3, -0.25) is 4.79 Å². The van der Waals surface area contributed by atoms with E-state index in [2.05, 4.69) is 10.0 Å². The summed E-state index contributed by atoms with van der Waals surface area (Å²) in [5, 5.41) is 6.42. The molecule has 1 fully saturated rings. The van der Waals surface area contributed by atoms with Gasteiger partial charge in [0, 0.05) is 35.1 Å². The van der Waals surface area contributed by atoms with E-state index in [9.17, 15) is 4.79 Å². The summed E-state index contributed by atoms with van der Waals surface area (Å²) in [5.74, 6) is 2.01. The van der Waals surface area contributed by atoms with Gasteiger partial charge in [-0.1, -0.05) is 23.7 Å². The summed E-state index contributed by atoms with van der Waals surface area (Å²) in [7, 11) is 3.26. The van der Waals surface area contributed by atoms with E-state index in [1.54, 1.807) is 62.9 Å². The van der Waals surface area contributed by atoms with Gasteiger partial charge >= 0.3 is 0 Å². The van der Waals surface area contributed by atoms with Crippen LogP contribution in [0, 0.1) is 0 Å². The van der Waals surface area contributed by atoms with Crippen molar-refractivity contribution < 1.29 is 13.9 Å². The van der Waals surface area contributed by atoms with E-state index < -0.39 is 0 Å². The molecule has 1 aliphatic rings. The molecular weight excluding hydrogens is 504 g/mol. The Morgan fingerprint density at radius 1 is 1.00 bits per heavy atom. The minimum atomic E-state index is -0.319. The van der Waals surface area contributed by atoms with Crippen LogP contribution in [0.4, 0.5) is 5.69 Å². The van der Waals surface area contributed by atoms with Crippen molar-refractivity contribution >= 4 is 45.4 Å². The summed E-state index contributed by atoms with van der Waals surface area (Å²) >= 11 is 6.17. The largest absolute Gasteiger partial charge is 0.496 e. The fraction of sp³-hybridized carbons (Fsp3) is 0.207. The van der Waals surface area contributed by atoms with Gasteiger partial charge < -0.3 is 18.8 Å². The van der Waals surface area contributed by atoms with E-state index >= 15 is 0 Å². The zero-order chi connectivity index (χ0) is 26.2. The van der Waals surface area contributed by atoms with Crippen molar-refractivity contribution in [2.75, 3.05) is 32.2 Å². The molecule has 38 heavy (non-hydrogen) atoms. The molecule has 0 saturated carbocycles. The third kappa shape index (κ3) is 4.26. The second-order valence-electron chi connectivity index (χ2n) is 9.07. The zero-order valence-electron chi connectivity index (χ0n) is 21.0. The van der Waals surface area contributed by atoms with Gasteiger partial charge in [0.1, 0.15) is 17.1 Å². The first kappa shape index (κ1) is 24.1. The molecule has 9 heteroatoms. The highest BCUT2D eigenvalue weighted by Crippen LogP contribution is 2.36. The maximum atomic E-state index is 13.6. The third-order valence-corrected chi connectivity index (χ3v) is 6.98. The van der Waals surface area contributed by atoms with E-state index in [1.807, 2.05) is 18.2 Å². The molecule has 0 unspecified atom stereocenters. The molecule has 1 aliphatic heterocycles. The summed E-state index contributed by atoms with van der Waals surface area (Å²) in [6, 6.07) is 18.1. The number of furan rings is 1. The lowest BCUT2D eigenvalue weighted by molar-refractivity contribution is 0.402. The Bertz CT molecular complexity index is 1750. The van der Waals surface area contributed by atoms with Crippen molar-refractivity contribution in [1.29, 1.82) is 0 Å². The van der Waals surface area contributed by atoms with Crippen LogP contribution in [0.3, 0.4) is 0 Å². The number of fused-ring (bicyclic) bond motifs is 2. The second kappa shape index (κ2) is 9.87. The number of para-hydroxylation sites is 1. The lowest BCUT2D eigenvalue weighted by atomic mass is 10.1. The molecule has 8 nitrogen and oxygen atoms in total. The van der Waals surface area contributed by atoms with Gasteiger partial charge in [0.05, 0.1) is 37.0 Å². The monoisotopic (exact) mass is 528 g/mol. The summed E-state index contributed by atoms with van der Waals surface area (Å²) < 4.78 is 18.7. The van der Waals surface area contributed by atoms with Crippen molar-refractivity contribution in [3.05, 3.63) is 81.6 Å². The van der Waals surface area contributed by atoms with Crippen molar-refractivity contribution in [2.45, 2.75) is 12.8 Å². The van der Waals surface area contributed by atoms with Crippen molar-refractivity contribution in [1.82, 2.24) is 9.66 Å². The smallest absolute Gasteiger partial charge is 0.282 e. The van der Waals surface area contributed by atoms with Crippen LogP contribution in [0.2, 0.25) is 5.02 Å². The maximum Gasteiger partial charge on any atom is 0.282 e. The fourth-order valence-corrected chi connectivity index (χ4v) is 5.03. The maximum absolute atomic E-state index is 13.6. The Balaban J connectivity index is 1.51. The van der Waals surface area contributed by atoms with Crippen molar-refractivity contribution in [3.8, 4) is 23.1 Å². The Morgan fingerprint density at radius 3 is 2.58 bits per heavy atom. The number of aromatic nitrogens is 2. The number of hydrogen-bond acceptors (Lipinski definition) is 7. The zero-order valence-corrected chi connectivity index (χ0v) is 21.7. The number of rotatable bonds is 6. The van der Waals surface area contributed by atoms with Gasteiger partial charge in [-0.2, -0.15) is 9.78 Å². The molecule has 0 atom stereocenters. The molecule has 2 aromatic heterocycles. The molecule has 0 bridgehead atoms. The van der Waals surface area contributed by atoms with Gasteiger partial charge in [-0.05, 0) is 55.3 Å². The number of halogens is 1. The first-order valence-corrected chi connectivity index (χ1v) is 12.7. The van der Waals surface area contributed by atoms with E-state index in [0.29, 0.717) is 44.3 Å². The summed E-state index contributed by atoms with van der Waals surface area (Å²) in [4.78, 5) is 20.6. The van der Waals surface area contributed by atoms with Crippen LogP contribution in [0.1, 0.15) is 18.4 Å². The van der Waals surface area contributed by atoms with E-state index in [-0.39, 0.29) is 11.4 Å². The molecule has 192 valence electrons. The van der Waals surface area contributed by atoms with E-state index in [1.165, 1.54) is 4.68 Å². The van der Waals surface area contributed by atoms with Crippen molar-refractivity contribution in [3.63, 3.8) is 0 Å². The van der Waals surface area contributed by atoms with Crippen LogP contribution in [0.15, 0.2) is 75.0 Å². The molecule has 6 rings (SSSR count). The molecule has 3 aromatic carbocycles.